The average molecular weight is 231 g/mol. The number of rotatable bonds is 8. The van der Waals surface area contributed by atoms with Gasteiger partial charge in [0.1, 0.15) is 6.04 Å². The Morgan fingerprint density at radius 1 is 1.38 bits per heavy atom. The summed E-state index contributed by atoms with van der Waals surface area (Å²) in [6.07, 6.45) is 0.945. The van der Waals surface area contributed by atoms with E-state index >= 15 is 0 Å². The average Bonchev–Trinajstić information content (AvgIpc) is 2.21. The fraction of sp³-hybridized carbons (Fsp3) is 0.917. The molecule has 0 aromatic heterocycles. The monoisotopic (exact) mass is 231 g/mol. The number of hydrogen-bond acceptors (Lipinski definition) is 3. The van der Waals surface area contributed by atoms with E-state index in [0.29, 0.717) is 13.2 Å². The molecule has 0 saturated heterocycles. The highest BCUT2D eigenvalue weighted by molar-refractivity contribution is 5.73. The number of hydrogen-bond donors (Lipinski definition) is 1. The zero-order valence-electron chi connectivity index (χ0n) is 11.1. The van der Waals surface area contributed by atoms with Crippen molar-refractivity contribution in [2.45, 2.75) is 46.2 Å². The van der Waals surface area contributed by atoms with Crippen LogP contribution in [0.4, 0.5) is 0 Å². The van der Waals surface area contributed by atoms with Gasteiger partial charge in [0.25, 0.3) is 0 Å². The second kappa shape index (κ2) is 7.63. The van der Waals surface area contributed by atoms with E-state index in [2.05, 4.69) is 13.8 Å². The quantitative estimate of drug-likeness (QED) is 0.692. The van der Waals surface area contributed by atoms with Gasteiger partial charge in [0, 0.05) is 19.7 Å². The molecule has 1 N–H and O–H groups in total. The van der Waals surface area contributed by atoms with E-state index in [-0.39, 0.29) is 12.0 Å². The van der Waals surface area contributed by atoms with Gasteiger partial charge < -0.3 is 9.84 Å². The lowest BCUT2D eigenvalue weighted by Gasteiger charge is -2.35. The maximum Gasteiger partial charge on any atom is 0.321 e. The predicted molar refractivity (Wildman–Crippen MR) is 64.6 cm³/mol. The molecular formula is C12H25NO3. The molecule has 0 aliphatic carbocycles. The highest BCUT2D eigenvalue weighted by Gasteiger charge is 2.30. The van der Waals surface area contributed by atoms with Crippen molar-refractivity contribution in [3.8, 4) is 0 Å². The summed E-state index contributed by atoms with van der Waals surface area (Å²) in [5, 5.41) is 9.28. The van der Waals surface area contributed by atoms with Crippen LogP contribution in [0.3, 0.4) is 0 Å². The van der Waals surface area contributed by atoms with Gasteiger partial charge in [0.2, 0.25) is 0 Å². The largest absolute Gasteiger partial charge is 0.480 e. The molecule has 0 rings (SSSR count). The highest BCUT2D eigenvalue weighted by atomic mass is 16.5. The van der Waals surface area contributed by atoms with Crippen molar-refractivity contribution in [3.63, 3.8) is 0 Å². The van der Waals surface area contributed by atoms with Gasteiger partial charge in [-0.2, -0.15) is 0 Å². The standard InChI is InChI=1S/C12H25NO3/c1-6-10(4)13(7-8-16-5)11(9(2)3)12(14)15/h9-11H,6-8H2,1-5H3,(H,14,15). The molecule has 0 heterocycles. The van der Waals surface area contributed by atoms with Crippen LogP contribution in [0.5, 0.6) is 0 Å². The molecule has 0 amide bonds. The van der Waals surface area contributed by atoms with Crippen LogP contribution in [-0.4, -0.2) is 48.3 Å². The maximum absolute atomic E-state index is 11.3. The van der Waals surface area contributed by atoms with Crippen molar-refractivity contribution >= 4 is 5.97 Å². The third kappa shape index (κ3) is 4.49. The van der Waals surface area contributed by atoms with E-state index < -0.39 is 12.0 Å². The molecule has 0 aliphatic rings. The summed E-state index contributed by atoms with van der Waals surface area (Å²) >= 11 is 0. The molecular weight excluding hydrogens is 206 g/mol. The minimum atomic E-state index is -0.744. The molecule has 0 fully saturated rings. The molecule has 0 aromatic rings. The Balaban J connectivity index is 4.73. The second-order valence-electron chi connectivity index (χ2n) is 4.51. The van der Waals surface area contributed by atoms with Crippen molar-refractivity contribution in [1.82, 2.24) is 4.90 Å². The molecule has 96 valence electrons. The number of carboxylic acids is 1. The number of nitrogens with zero attached hydrogens (tertiary/aromatic N) is 1. The summed E-state index contributed by atoms with van der Waals surface area (Å²) in [6.45, 7) is 9.26. The summed E-state index contributed by atoms with van der Waals surface area (Å²) in [4.78, 5) is 13.3. The first kappa shape index (κ1) is 15.4. The van der Waals surface area contributed by atoms with Crippen molar-refractivity contribution in [2.75, 3.05) is 20.3 Å². The zero-order valence-corrected chi connectivity index (χ0v) is 11.1. The fourth-order valence-electron chi connectivity index (χ4n) is 1.87. The van der Waals surface area contributed by atoms with Gasteiger partial charge in [-0.15, -0.1) is 0 Å². The molecule has 16 heavy (non-hydrogen) atoms. The van der Waals surface area contributed by atoms with Gasteiger partial charge in [-0.25, -0.2) is 0 Å². The summed E-state index contributed by atoms with van der Waals surface area (Å²) in [7, 11) is 1.64. The smallest absolute Gasteiger partial charge is 0.321 e. The van der Waals surface area contributed by atoms with Crippen LogP contribution in [0.2, 0.25) is 0 Å². The van der Waals surface area contributed by atoms with Crippen LogP contribution in [0.25, 0.3) is 0 Å². The third-order valence-corrected chi connectivity index (χ3v) is 2.95. The van der Waals surface area contributed by atoms with E-state index in [4.69, 9.17) is 4.74 Å². The fourth-order valence-corrected chi connectivity index (χ4v) is 1.87. The molecule has 0 bridgehead atoms. The van der Waals surface area contributed by atoms with Crippen LogP contribution >= 0.6 is 0 Å². The summed E-state index contributed by atoms with van der Waals surface area (Å²) in [5.74, 6) is -0.644. The van der Waals surface area contributed by atoms with E-state index in [9.17, 15) is 9.90 Å². The van der Waals surface area contributed by atoms with Crippen LogP contribution in [0.15, 0.2) is 0 Å². The number of carbonyl (C=O) groups is 1. The maximum atomic E-state index is 11.3. The number of ether oxygens (including phenoxy) is 1. The Morgan fingerprint density at radius 2 is 1.94 bits per heavy atom. The predicted octanol–water partition coefficient (Wildman–Crippen LogP) is 1.84. The lowest BCUT2D eigenvalue weighted by Crippen LogP contribution is -2.50. The summed E-state index contributed by atoms with van der Waals surface area (Å²) < 4.78 is 5.04. The summed E-state index contributed by atoms with van der Waals surface area (Å²) in [5.41, 5.74) is 0. The molecule has 2 atom stereocenters. The number of carboxylic acid groups (broad SMARTS) is 1. The highest BCUT2D eigenvalue weighted by Crippen LogP contribution is 2.16. The summed E-state index contributed by atoms with van der Waals surface area (Å²) in [6, 6.07) is -0.163. The van der Waals surface area contributed by atoms with Crippen LogP contribution in [0, 0.1) is 5.92 Å². The Bertz CT molecular complexity index is 206. The van der Waals surface area contributed by atoms with Gasteiger partial charge in [0.15, 0.2) is 0 Å². The van der Waals surface area contributed by atoms with Crippen molar-refractivity contribution in [3.05, 3.63) is 0 Å². The van der Waals surface area contributed by atoms with Gasteiger partial charge in [-0.05, 0) is 19.3 Å². The Labute approximate surface area is 98.6 Å². The molecule has 4 heteroatoms. The molecule has 0 saturated carbocycles. The molecule has 0 radical (unpaired) electrons. The van der Waals surface area contributed by atoms with Crippen LogP contribution in [0.1, 0.15) is 34.1 Å². The Hall–Kier alpha value is -0.610. The van der Waals surface area contributed by atoms with Crippen molar-refractivity contribution in [2.24, 2.45) is 5.92 Å². The van der Waals surface area contributed by atoms with E-state index in [1.807, 2.05) is 18.7 Å². The number of methoxy groups -OCH3 is 1. The van der Waals surface area contributed by atoms with E-state index in [1.165, 1.54) is 0 Å². The van der Waals surface area contributed by atoms with Crippen molar-refractivity contribution in [1.29, 1.82) is 0 Å². The first-order chi connectivity index (χ1) is 7.45. The minimum absolute atomic E-state index is 0.100. The molecule has 0 aliphatic heterocycles. The van der Waals surface area contributed by atoms with Crippen LogP contribution in [-0.2, 0) is 9.53 Å². The van der Waals surface area contributed by atoms with Crippen molar-refractivity contribution < 1.29 is 14.6 Å². The molecule has 0 spiro atoms. The first-order valence-corrected chi connectivity index (χ1v) is 5.93. The lowest BCUT2D eigenvalue weighted by molar-refractivity contribution is -0.146. The SMILES string of the molecule is CCC(C)N(CCOC)C(C(=O)O)C(C)C. The van der Waals surface area contributed by atoms with Gasteiger partial charge in [0.05, 0.1) is 6.61 Å². The normalized spacial score (nSPS) is 15.4. The molecule has 4 nitrogen and oxygen atoms in total. The zero-order chi connectivity index (χ0) is 12.7. The van der Waals surface area contributed by atoms with Gasteiger partial charge in [-0.3, -0.25) is 9.69 Å². The first-order valence-electron chi connectivity index (χ1n) is 5.93. The van der Waals surface area contributed by atoms with Gasteiger partial charge >= 0.3 is 5.97 Å². The Morgan fingerprint density at radius 3 is 2.25 bits per heavy atom. The topological polar surface area (TPSA) is 49.8 Å². The van der Waals surface area contributed by atoms with E-state index in [1.54, 1.807) is 7.11 Å². The van der Waals surface area contributed by atoms with E-state index in [0.717, 1.165) is 6.42 Å². The Kier molecular flexibility index (Phi) is 7.34. The molecule has 0 aromatic carbocycles. The minimum Gasteiger partial charge on any atom is -0.480 e. The molecule has 2 unspecified atom stereocenters. The van der Waals surface area contributed by atoms with Gasteiger partial charge in [-0.1, -0.05) is 20.8 Å². The van der Waals surface area contributed by atoms with Crippen LogP contribution < -0.4 is 0 Å². The number of aliphatic carboxylic acids is 1. The lowest BCUT2D eigenvalue weighted by atomic mass is 10.00. The second-order valence-corrected chi connectivity index (χ2v) is 4.51. The third-order valence-electron chi connectivity index (χ3n) is 2.95.